The van der Waals surface area contributed by atoms with E-state index < -0.39 is 0 Å². The van der Waals surface area contributed by atoms with Gasteiger partial charge >= 0.3 is 0 Å². The molecular weight excluding hydrogens is 212 g/mol. The highest BCUT2D eigenvalue weighted by Gasteiger charge is 2.12. The first kappa shape index (κ1) is 12.2. The van der Waals surface area contributed by atoms with Gasteiger partial charge < -0.3 is 15.4 Å². The van der Waals surface area contributed by atoms with Crippen molar-refractivity contribution < 1.29 is 4.74 Å². The maximum Gasteiger partial charge on any atom is 0.119 e. The third kappa shape index (κ3) is 3.93. The molecule has 1 fully saturated rings. The molecule has 0 saturated carbocycles. The summed E-state index contributed by atoms with van der Waals surface area (Å²) in [7, 11) is 0. The summed E-state index contributed by atoms with van der Waals surface area (Å²) in [5, 5.41) is 6.89. The van der Waals surface area contributed by atoms with E-state index in [1.165, 1.54) is 18.5 Å². The molecular formula is C14H22N2O. The largest absolute Gasteiger partial charge is 0.494 e. The van der Waals surface area contributed by atoms with Crippen molar-refractivity contribution >= 4 is 5.69 Å². The van der Waals surface area contributed by atoms with Gasteiger partial charge in [0.05, 0.1) is 6.61 Å². The average Bonchev–Trinajstić information content (AvgIpc) is 2.40. The van der Waals surface area contributed by atoms with Crippen LogP contribution in [0.5, 0.6) is 5.75 Å². The van der Waals surface area contributed by atoms with Gasteiger partial charge in [0.2, 0.25) is 0 Å². The lowest BCUT2D eigenvalue weighted by Gasteiger charge is -2.23. The zero-order valence-corrected chi connectivity index (χ0v) is 10.5. The molecule has 0 atom stereocenters. The Kier molecular flexibility index (Phi) is 4.68. The van der Waals surface area contributed by atoms with Crippen molar-refractivity contribution in [2.75, 3.05) is 31.6 Å². The maximum atomic E-state index is 5.42. The number of piperidine rings is 1. The summed E-state index contributed by atoms with van der Waals surface area (Å²) in [5.41, 5.74) is 1.19. The van der Waals surface area contributed by atoms with Gasteiger partial charge in [-0.15, -0.1) is 0 Å². The van der Waals surface area contributed by atoms with Crippen LogP contribution in [0.4, 0.5) is 5.69 Å². The third-order valence-corrected chi connectivity index (χ3v) is 3.22. The van der Waals surface area contributed by atoms with Crippen LogP contribution in [0.25, 0.3) is 0 Å². The Labute approximate surface area is 104 Å². The predicted octanol–water partition coefficient (Wildman–Crippen LogP) is 2.50. The number of hydrogen-bond donors (Lipinski definition) is 2. The van der Waals surface area contributed by atoms with E-state index in [1.807, 2.05) is 19.1 Å². The molecule has 1 aliphatic rings. The standard InChI is InChI=1S/C14H22N2O/c1-2-17-14-5-3-13(4-6-14)16-11-12-7-9-15-10-8-12/h3-6,12,15-16H,2,7-11H2,1H3. The van der Waals surface area contributed by atoms with E-state index >= 15 is 0 Å². The summed E-state index contributed by atoms with van der Waals surface area (Å²) >= 11 is 0. The van der Waals surface area contributed by atoms with Gasteiger partial charge in [-0.3, -0.25) is 0 Å². The Balaban J connectivity index is 1.77. The van der Waals surface area contributed by atoms with Gasteiger partial charge in [0.1, 0.15) is 5.75 Å². The smallest absolute Gasteiger partial charge is 0.119 e. The van der Waals surface area contributed by atoms with Gasteiger partial charge in [-0.2, -0.15) is 0 Å². The van der Waals surface area contributed by atoms with Crippen molar-refractivity contribution in [3.05, 3.63) is 24.3 Å². The first-order valence-corrected chi connectivity index (χ1v) is 6.56. The van der Waals surface area contributed by atoms with Crippen LogP contribution in [0.1, 0.15) is 19.8 Å². The van der Waals surface area contributed by atoms with E-state index in [1.54, 1.807) is 0 Å². The second-order valence-corrected chi connectivity index (χ2v) is 4.53. The van der Waals surface area contributed by atoms with Gasteiger partial charge in [-0.25, -0.2) is 0 Å². The van der Waals surface area contributed by atoms with Crippen LogP contribution >= 0.6 is 0 Å². The molecule has 3 heteroatoms. The molecule has 94 valence electrons. The lowest BCUT2D eigenvalue weighted by atomic mass is 9.98. The minimum absolute atomic E-state index is 0.724. The molecule has 2 N–H and O–H groups in total. The average molecular weight is 234 g/mol. The van der Waals surface area contributed by atoms with E-state index in [4.69, 9.17) is 4.74 Å². The fourth-order valence-corrected chi connectivity index (χ4v) is 2.18. The first-order valence-electron chi connectivity index (χ1n) is 6.56. The summed E-state index contributed by atoms with van der Waals surface area (Å²) in [4.78, 5) is 0. The Bertz CT molecular complexity index is 317. The Morgan fingerprint density at radius 3 is 2.59 bits per heavy atom. The topological polar surface area (TPSA) is 33.3 Å². The van der Waals surface area contributed by atoms with E-state index in [0.717, 1.165) is 37.9 Å². The molecule has 0 aromatic heterocycles. The normalized spacial score (nSPS) is 16.8. The molecule has 0 spiro atoms. The fraction of sp³-hybridized carbons (Fsp3) is 0.571. The summed E-state index contributed by atoms with van der Waals surface area (Å²) in [6, 6.07) is 8.22. The number of benzene rings is 1. The van der Waals surface area contributed by atoms with E-state index in [0.29, 0.717) is 0 Å². The molecule has 0 bridgehead atoms. The highest BCUT2D eigenvalue weighted by Crippen LogP contribution is 2.17. The van der Waals surface area contributed by atoms with Gasteiger partial charge in [-0.1, -0.05) is 0 Å². The highest BCUT2D eigenvalue weighted by molar-refractivity contribution is 5.46. The van der Waals surface area contributed by atoms with Crippen molar-refractivity contribution in [1.29, 1.82) is 0 Å². The van der Waals surface area contributed by atoms with Crippen LogP contribution in [0.2, 0.25) is 0 Å². The molecule has 0 unspecified atom stereocenters. The highest BCUT2D eigenvalue weighted by atomic mass is 16.5. The molecule has 1 aromatic carbocycles. The van der Waals surface area contributed by atoms with Crippen LogP contribution in [0.15, 0.2) is 24.3 Å². The van der Waals surface area contributed by atoms with Crippen molar-refractivity contribution in [2.45, 2.75) is 19.8 Å². The van der Waals surface area contributed by atoms with Crippen molar-refractivity contribution in [3.8, 4) is 5.75 Å². The summed E-state index contributed by atoms with van der Waals surface area (Å²) in [5.74, 6) is 1.75. The number of nitrogens with one attached hydrogen (secondary N) is 2. The number of anilines is 1. The molecule has 1 heterocycles. The third-order valence-electron chi connectivity index (χ3n) is 3.22. The van der Waals surface area contributed by atoms with Gasteiger partial charge in [0.25, 0.3) is 0 Å². The van der Waals surface area contributed by atoms with Crippen molar-refractivity contribution in [2.24, 2.45) is 5.92 Å². The first-order chi connectivity index (χ1) is 8.38. The monoisotopic (exact) mass is 234 g/mol. The molecule has 1 aliphatic heterocycles. The fourth-order valence-electron chi connectivity index (χ4n) is 2.18. The molecule has 0 radical (unpaired) electrons. The second kappa shape index (κ2) is 6.50. The number of hydrogen-bond acceptors (Lipinski definition) is 3. The van der Waals surface area contributed by atoms with E-state index in [9.17, 15) is 0 Å². The molecule has 17 heavy (non-hydrogen) atoms. The quantitative estimate of drug-likeness (QED) is 0.821. The molecule has 3 nitrogen and oxygen atoms in total. The molecule has 2 rings (SSSR count). The van der Waals surface area contributed by atoms with Crippen LogP contribution in [0.3, 0.4) is 0 Å². The Morgan fingerprint density at radius 1 is 1.24 bits per heavy atom. The lowest BCUT2D eigenvalue weighted by molar-refractivity contribution is 0.340. The van der Waals surface area contributed by atoms with Crippen molar-refractivity contribution in [3.63, 3.8) is 0 Å². The summed E-state index contributed by atoms with van der Waals surface area (Å²) in [6.45, 7) is 6.13. The molecule has 1 saturated heterocycles. The van der Waals surface area contributed by atoms with Crippen LogP contribution in [0, 0.1) is 5.92 Å². The summed E-state index contributed by atoms with van der Waals surface area (Å²) in [6.07, 6.45) is 2.56. The van der Waals surface area contributed by atoms with Crippen LogP contribution < -0.4 is 15.4 Å². The molecule has 1 aromatic rings. The molecule has 0 aliphatic carbocycles. The van der Waals surface area contributed by atoms with Gasteiger partial charge in [0.15, 0.2) is 0 Å². The number of ether oxygens (including phenoxy) is 1. The summed E-state index contributed by atoms with van der Waals surface area (Å²) < 4.78 is 5.42. The minimum Gasteiger partial charge on any atom is -0.494 e. The van der Waals surface area contributed by atoms with Gasteiger partial charge in [0, 0.05) is 12.2 Å². The second-order valence-electron chi connectivity index (χ2n) is 4.53. The molecule has 0 amide bonds. The number of rotatable bonds is 5. The lowest BCUT2D eigenvalue weighted by Crippen LogP contribution is -2.31. The predicted molar refractivity (Wildman–Crippen MR) is 71.7 cm³/mol. The zero-order chi connectivity index (χ0) is 11.9. The Morgan fingerprint density at radius 2 is 1.94 bits per heavy atom. The van der Waals surface area contributed by atoms with Crippen LogP contribution in [-0.2, 0) is 0 Å². The zero-order valence-electron chi connectivity index (χ0n) is 10.5. The van der Waals surface area contributed by atoms with E-state index in [2.05, 4.69) is 22.8 Å². The van der Waals surface area contributed by atoms with E-state index in [-0.39, 0.29) is 0 Å². The van der Waals surface area contributed by atoms with Crippen LogP contribution in [-0.4, -0.2) is 26.2 Å². The maximum absolute atomic E-state index is 5.42. The minimum atomic E-state index is 0.724. The van der Waals surface area contributed by atoms with Crippen molar-refractivity contribution in [1.82, 2.24) is 5.32 Å². The van der Waals surface area contributed by atoms with Gasteiger partial charge in [-0.05, 0) is 63.0 Å². The Hall–Kier alpha value is -1.22. The SMILES string of the molecule is CCOc1ccc(NCC2CCNCC2)cc1.